The van der Waals surface area contributed by atoms with E-state index in [4.69, 9.17) is 4.74 Å². The average Bonchev–Trinajstić information content (AvgIpc) is 2.84. The average molecular weight is 337 g/mol. The zero-order valence-corrected chi connectivity index (χ0v) is 13.1. The zero-order valence-electron chi connectivity index (χ0n) is 12.3. The maximum atomic E-state index is 12.7. The SMILES string of the molecule is COc1ccc(Cn2cc(SC(F)(F)F)c3ccccc32)cc1. The molecule has 6 heteroatoms. The van der Waals surface area contributed by atoms with E-state index in [0.717, 1.165) is 16.8 Å². The molecular weight excluding hydrogens is 323 g/mol. The Balaban J connectivity index is 1.96. The first kappa shape index (κ1) is 15.8. The van der Waals surface area contributed by atoms with Crippen molar-refractivity contribution in [3.8, 4) is 5.75 Å². The molecule has 0 unspecified atom stereocenters. The lowest BCUT2D eigenvalue weighted by Gasteiger charge is -2.06. The highest BCUT2D eigenvalue weighted by Crippen LogP contribution is 2.41. The van der Waals surface area contributed by atoms with Crippen molar-refractivity contribution in [2.45, 2.75) is 16.9 Å². The molecule has 120 valence electrons. The first-order valence-electron chi connectivity index (χ1n) is 6.93. The minimum Gasteiger partial charge on any atom is -0.497 e. The quantitative estimate of drug-likeness (QED) is 0.599. The third-order valence-corrected chi connectivity index (χ3v) is 4.27. The van der Waals surface area contributed by atoms with E-state index < -0.39 is 5.51 Å². The lowest BCUT2D eigenvalue weighted by molar-refractivity contribution is -0.0327. The molecule has 0 aliphatic rings. The van der Waals surface area contributed by atoms with Gasteiger partial charge in [0.05, 0.1) is 7.11 Å². The molecule has 2 nitrogen and oxygen atoms in total. The predicted molar refractivity (Wildman–Crippen MR) is 85.9 cm³/mol. The standard InChI is InChI=1S/C17H14F3NOS/c1-22-13-8-6-12(7-9-13)10-21-11-16(23-17(18,19)20)14-4-2-3-5-15(14)21/h2-9,11H,10H2,1H3. The van der Waals surface area contributed by atoms with E-state index in [9.17, 15) is 13.2 Å². The first-order valence-corrected chi connectivity index (χ1v) is 7.74. The van der Waals surface area contributed by atoms with Gasteiger partial charge in [-0.15, -0.1) is 0 Å². The van der Waals surface area contributed by atoms with Gasteiger partial charge in [0.25, 0.3) is 0 Å². The molecule has 0 aliphatic carbocycles. The van der Waals surface area contributed by atoms with Gasteiger partial charge in [0, 0.05) is 28.5 Å². The van der Waals surface area contributed by atoms with Crippen molar-refractivity contribution in [1.29, 1.82) is 0 Å². The van der Waals surface area contributed by atoms with Crippen molar-refractivity contribution >= 4 is 22.7 Å². The van der Waals surface area contributed by atoms with Crippen LogP contribution in [0.4, 0.5) is 13.2 Å². The Kier molecular flexibility index (Phi) is 4.26. The molecule has 1 aromatic heterocycles. The molecule has 0 bridgehead atoms. The maximum absolute atomic E-state index is 12.7. The molecule has 0 saturated carbocycles. The number of alkyl halides is 3. The van der Waals surface area contributed by atoms with Gasteiger partial charge in [-0.1, -0.05) is 30.3 Å². The topological polar surface area (TPSA) is 14.2 Å². The van der Waals surface area contributed by atoms with Gasteiger partial charge in [0.15, 0.2) is 0 Å². The van der Waals surface area contributed by atoms with Crippen molar-refractivity contribution < 1.29 is 17.9 Å². The Bertz CT molecular complexity index is 809. The highest BCUT2D eigenvalue weighted by atomic mass is 32.2. The van der Waals surface area contributed by atoms with Crippen molar-refractivity contribution in [3.05, 3.63) is 60.3 Å². The Labute approximate surface area is 135 Å². The second-order valence-electron chi connectivity index (χ2n) is 5.03. The van der Waals surface area contributed by atoms with Gasteiger partial charge in [-0.25, -0.2) is 0 Å². The van der Waals surface area contributed by atoms with E-state index in [0.29, 0.717) is 11.9 Å². The van der Waals surface area contributed by atoms with Crippen molar-refractivity contribution in [3.63, 3.8) is 0 Å². The summed E-state index contributed by atoms with van der Waals surface area (Å²) in [5.41, 5.74) is -2.51. The van der Waals surface area contributed by atoms with Gasteiger partial charge in [0.2, 0.25) is 0 Å². The van der Waals surface area contributed by atoms with Gasteiger partial charge in [0.1, 0.15) is 5.75 Å². The third kappa shape index (κ3) is 3.64. The lowest BCUT2D eigenvalue weighted by atomic mass is 10.2. The van der Waals surface area contributed by atoms with Crippen LogP contribution in [0.2, 0.25) is 0 Å². The van der Waals surface area contributed by atoms with Crippen molar-refractivity contribution in [1.82, 2.24) is 4.57 Å². The molecular formula is C17H14F3NOS. The van der Waals surface area contributed by atoms with E-state index in [1.54, 1.807) is 25.4 Å². The number of methoxy groups -OCH3 is 1. The van der Waals surface area contributed by atoms with E-state index >= 15 is 0 Å². The van der Waals surface area contributed by atoms with Crippen LogP contribution in [-0.2, 0) is 6.54 Å². The molecule has 0 spiro atoms. The smallest absolute Gasteiger partial charge is 0.446 e. The molecule has 0 saturated heterocycles. The van der Waals surface area contributed by atoms with Crippen LogP contribution >= 0.6 is 11.8 Å². The van der Waals surface area contributed by atoms with Crippen LogP contribution in [-0.4, -0.2) is 17.2 Å². The van der Waals surface area contributed by atoms with E-state index in [1.807, 2.05) is 41.0 Å². The number of hydrogen-bond donors (Lipinski definition) is 0. The van der Waals surface area contributed by atoms with Crippen LogP contribution < -0.4 is 4.74 Å². The van der Waals surface area contributed by atoms with Crippen molar-refractivity contribution in [2.24, 2.45) is 0 Å². The fourth-order valence-electron chi connectivity index (χ4n) is 2.48. The third-order valence-electron chi connectivity index (χ3n) is 3.49. The normalized spacial score (nSPS) is 11.8. The second kappa shape index (κ2) is 6.20. The summed E-state index contributed by atoms with van der Waals surface area (Å²) < 4.78 is 45.1. The molecule has 0 atom stereocenters. The number of aromatic nitrogens is 1. The number of benzene rings is 2. The number of rotatable bonds is 4. The van der Waals surface area contributed by atoms with E-state index in [2.05, 4.69) is 0 Å². The number of halogens is 3. The fourth-order valence-corrected chi connectivity index (χ4v) is 3.19. The van der Waals surface area contributed by atoms with Gasteiger partial charge < -0.3 is 9.30 Å². The monoisotopic (exact) mass is 337 g/mol. The molecule has 0 aliphatic heterocycles. The first-order chi connectivity index (χ1) is 11.0. The summed E-state index contributed by atoms with van der Waals surface area (Å²) in [6.07, 6.45) is 1.56. The largest absolute Gasteiger partial charge is 0.497 e. The summed E-state index contributed by atoms with van der Waals surface area (Å²) in [6.45, 7) is 0.503. The van der Waals surface area contributed by atoms with E-state index in [-0.39, 0.29) is 16.7 Å². The Hall–Kier alpha value is -2.08. The van der Waals surface area contributed by atoms with Crippen LogP contribution in [0.1, 0.15) is 5.56 Å². The zero-order chi connectivity index (χ0) is 16.4. The Morgan fingerprint density at radius 3 is 2.39 bits per heavy atom. The molecule has 0 radical (unpaired) electrons. The number of ether oxygens (including phenoxy) is 1. The molecule has 3 aromatic rings. The molecule has 1 heterocycles. The van der Waals surface area contributed by atoms with Crippen molar-refractivity contribution in [2.75, 3.05) is 7.11 Å². The maximum Gasteiger partial charge on any atom is 0.446 e. The number of para-hydroxylation sites is 1. The lowest BCUT2D eigenvalue weighted by Crippen LogP contribution is -1.99. The van der Waals surface area contributed by atoms with Crippen LogP contribution in [0.15, 0.2) is 59.6 Å². The van der Waals surface area contributed by atoms with E-state index in [1.165, 1.54) is 0 Å². The van der Waals surface area contributed by atoms with Gasteiger partial charge >= 0.3 is 5.51 Å². The molecule has 23 heavy (non-hydrogen) atoms. The number of hydrogen-bond acceptors (Lipinski definition) is 2. The number of fused-ring (bicyclic) bond motifs is 1. The van der Waals surface area contributed by atoms with Crippen LogP contribution in [0.25, 0.3) is 10.9 Å². The number of thioether (sulfide) groups is 1. The van der Waals surface area contributed by atoms with Gasteiger partial charge in [-0.2, -0.15) is 13.2 Å². The summed E-state index contributed by atoms with van der Waals surface area (Å²) in [7, 11) is 1.59. The fraction of sp³-hybridized carbons (Fsp3) is 0.176. The highest BCUT2D eigenvalue weighted by molar-refractivity contribution is 8.00. The summed E-state index contributed by atoms with van der Waals surface area (Å²) >= 11 is -0.0731. The molecule has 0 amide bonds. The summed E-state index contributed by atoms with van der Waals surface area (Å²) in [5.74, 6) is 0.749. The molecule has 2 aromatic carbocycles. The van der Waals surface area contributed by atoms with Crippen LogP contribution in [0, 0.1) is 0 Å². The summed E-state index contributed by atoms with van der Waals surface area (Å²) in [6, 6.07) is 14.6. The molecule has 0 N–H and O–H groups in total. The van der Waals surface area contributed by atoms with Gasteiger partial charge in [-0.3, -0.25) is 0 Å². The minimum atomic E-state index is -4.30. The molecule has 3 rings (SSSR count). The summed E-state index contributed by atoms with van der Waals surface area (Å²) in [4.78, 5) is 0.224. The Morgan fingerprint density at radius 1 is 1.04 bits per heavy atom. The van der Waals surface area contributed by atoms with Gasteiger partial charge in [-0.05, 0) is 35.5 Å². The van der Waals surface area contributed by atoms with Crippen LogP contribution in [0.3, 0.4) is 0 Å². The Morgan fingerprint density at radius 2 is 1.74 bits per heavy atom. The predicted octanol–water partition coefficient (Wildman–Crippen LogP) is 5.31. The molecule has 0 fully saturated rings. The summed E-state index contributed by atoms with van der Waals surface area (Å²) in [5, 5.41) is 0.614. The second-order valence-corrected chi connectivity index (χ2v) is 6.14. The van der Waals surface area contributed by atoms with Crippen LogP contribution in [0.5, 0.6) is 5.75 Å². The number of nitrogens with zero attached hydrogens (tertiary/aromatic N) is 1. The minimum absolute atomic E-state index is 0.0731. The highest BCUT2D eigenvalue weighted by Gasteiger charge is 2.30.